The zero-order valence-corrected chi connectivity index (χ0v) is 22.7. The lowest BCUT2D eigenvalue weighted by Gasteiger charge is -2.33. The fourth-order valence-electron chi connectivity index (χ4n) is 4.26. The Morgan fingerprint density at radius 1 is 0.892 bits per heavy atom. The number of hydrogen-bond acceptors (Lipinski definition) is 4. The van der Waals surface area contributed by atoms with Crippen molar-refractivity contribution in [2.24, 2.45) is 0 Å². The minimum Gasteiger partial charge on any atom is -0.357 e. The van der Waals surface area contributed by atoms with Gasteiger partial charge in [0.1, 0.15) is 12.6 Å². The summed E-state index contributed by atoms with van der Waals surface area (Å²) in [7, 11) is -2.25. The normalized spacial score (nSPS) is 12.0. The van der Waals surface area contributed by atoms with Crippen LogP contribution in [0, 0.1) is 6.92 Å². The number of anilines is 1. The molecule has 0 radical (unpaired) electrons. The number of rotatable bonds is 11. The van der Waals surface area contributed by atoms with Gasteiger partial charge in [0.2, 0.25) is 21.8 Å². The quantitative estimate of drug-likeness (QED) is 0.417. The molecule has 0 heterocycles. The molecule has 2 amide bonds. The Morgan fingerprint density at radius 3 is 2.11 bits per heavy atom. The zero-order chi connectivity index (χ0) is 27.0. The third-order valence-electron chi connectivity index (χ3n) is 6.31. The molecule has 3 rings (SSSR count). The maximum atomic E-state index is 13.9. The van der Waals surface area contributed by atoms with Crippen molar-refractivity contribution in [1.29, 1.82) is 0 Å². The second kappa shape index (κ2) is 12.5. The third-order valence-corrected chi connectivity index (χ3v) is 7.44. The SMILES string of the molecule is CCc1ccccc1N(CC(=O)N(Cc1ccc(C)cc1)C(Cc1ccccc1)C(=O)NC)S(C)(=O)=O. The number of para-hydroxylation sites is 1. The van der Waals surface area contributed by atoms with Crippen LogP contribution >= 0.6 is 0 Å². The molecule has 0 saturated heterocycles. The van der Waals surface area contributed by atoms with Crippen molar-refractivity contribution < 1.29 is 18.0 Å². The summed E-state index contributed by atoms with van der Waals surface area (Å²) in [5.41, 5.74) is 4.11. The zero-order valence-electron chi connectivity index (χ0n) is 21.8. The predicted molar refractivity (Wildman–Crippen MR) is 148 cm³/mol. The van der Waals surface area contributed by atoms with Crippen molar-refractivity contribution in [3.05, 3.63) is 101 Å². The topological polar surface area (TPSA) is 86.8 Å². The highest BCUT2D eigenvalue weighted by atomic mass is 32.2. The lowest BCUT2D eigenvalue weighted by atomic mass is 10.0. The molecule has 7 nitrogen and oxygen atoms in total. The first-order valence-electron chi connectivity index (χ1n) is 12.3. The molecule has 196 valence electrons. The Morgan fingerprint density at radius 2 is 1.51 bits per heavy atom. The minimum atomic E-state index is -3.78. The van der Waals surface area contributed by atoms with Crippen molar-refractivity contribution in [2.75, 3.05) is 24.2 Å². The molecule has 1 atom stereocenters. The van der Waals surface area contributed by atoms with Crippen LogP contribution in [0.4, 0.5) is 5.69 Å². The Hall–Kier alpha value is -3.65. The molecule has 3 aromatic rings. The highest BCUT2D eigenvalue weighted by molar-refractivity contribution is 7.92. The van der Waals surface area contributed by atoms with E-state index in [1.165, 1.54) is 11.9 Å². The Labute approximate surface area is 220 Å². The molecule has 1 unspecified atom stereocenters. The van der Waals surface area contributed by atoms with Crippen LogP contribution in [-0.4, -0.2) is 51.0 Å². The largest absolute Gasteiger partial charge is 0.357 e. The number of nitrogens with zero attached hydrogens (tertiary/aromatic N) is 2. The smallest absolute Gasteiger partial charge is 0.244 e. The first-order chi connectivity index (χ1) is 17.6. The molecule has 0 spiro atoms. The lowest BCUT2D eigenvalue weighted by Crippen LogP contribution is -2.53. The Bertz CT molecular complexity index is 1310. The monoisotopic (exact) mass is 521 g/mol. The van der Waals surface area contributed by atoms with Gasteiger partial charge < -0.3 is 10.2 Å². The number of carbonyl (C=O) groups excluding carboxylic acids is 2. The van der Waals surface area contributed by atoms with E-state index in [9.17, 15) is 18.0 Å². The number of amides is 2. The number of carbonyl (C=O) groups is 2. The molecule has 0 aliphatic rings. The van der Waals surface area contributed by atoms with E-state index in [0.29, 0.717) is 18.5 Å². The molecule has 0 aliphatic carbocycles. The van der Waals surface area contributed by atoms with Crippen LogP contribution in [0.2, 0.25) is 0 Å². The van der Waals surface area contributed by atoms with Gasteiger partial charge in [-0.1, -0.05) is 85.3 Å². The molecule has 3 aromatic carbocycles. The van der Waals surface area contributed by atoms with E-state index in [1.54, 1.807) is 12.1 Å². The number of likely N-dealkylation sites (N-methyl/N-ethyl adjacent to an activating group) is 1. The number of aryl methyl sites for hydroxylation is 2. The summed E-state index contributed by atoms with van der Waals surface area (Å²) < 4.78 is 26.9. The summed E-state index contributed by atoms with van der Waals surface area (Å²) in [5, 5.41) is 2.68. The Balaban J connectivity index is 2.04. The van der Waals surface area contributed by atoms with Crippen molar-refractivity contribution in [1.82, 2.24) is 10.2 Å². The molecular formula is C29H35N3O4S. The van der Waals surface area contributed by atoms with Gasteiger partial charge in [0, 0.05) is 20.0 Å². The summed E-state index contributed by atoms with van der Waals surface area (Å²) in [5.74, 6) is -0.773. The standard InChI is InChI=1S/C29H35N3O4S/c1-5-25-13-9-10-14-26(25)32(37(4,35)36)21-28(33)31(20-24-17-15-22(2)16-18-24)27(29(34)30-3)19-23-11-7-6-8-12-23/h6-18,27H,5,19-21H2,1-4H3,(H,30,34). The fourth-order valence-corrected chi connectivity index (χ4v) is 5.14. The van der Waals surface area contributed by atoms with Crippen LogP contribution in [-0.2, 0) is 39.0 Å². The summed E-state index contributed by atoms with van der Waals surface area (Å²) in [6.07, 6.45) is 2.00. The number of sulfonamides is 1. The van der Waals surface area contributed by atoms with Crippen LogP contribution < -0.4 is 9.62 Å². The highest BCUT2D eigenvalue weighted by Gasteiger charge is 2.33. The minimum absolute atomic E-state index is 0.164. The van der Waals surface area contributed by atoms with Crippen LogP contribution in [0.1, 0.15) is 29.2 Å². The van der Waals surface area contributed by atoms with Gasteiger partial charge in [-0.25, -0.2) is 8.42 Å². The summed E-state index contributed by atoms with van der Waals surface area (Å²) in [4.78, 5) is 28.5. The van der Waals surface area contributed by atoms with E-state index in [2.05, 4.69) is 5.32 Å². The number of hydrogen-bond donors (Lipinski definition) is 1. The van der Waals surface area contributed by atoms with Gasteiger partial charge in [-0.05, 0) is 36.1 Å². The third kappa shape index (κ3) is 7.43. The molecule has 37 heavy (non-hydrogen) atoms. The average molecular weight is 522 g/mol. The van der Waals surface area contributed by atoms with Gasteiger partial charge >= 0.3 is 0 Å². The van der Waals surface area contributed by atoms with Crippen molar-refractivity contribution in [3.8, 4) is 0 Å². The van der Waals surface area contributed by atoms with E-state index in [0.717, 1.165) is 32.8 Å². The molecule has 0 fully saturated rings. The Kier molecular flexibility index (Phi) is 9.47. The average Bonchev–Trinajstić information content (AvgIpc) is 2.89. The summed E-state index contributed by atoms with van der Waals surface area (Å²) in [6.45, 7) is 3.66. The molecule has 8 heteroatoms. The first kappa shape index (κ1) is 27.9. The van der Waals surface area contributed by atoms with E-state index in [-0.39, 0.29) is 12.5 Å². The van der Waals surface area contributed by atoms with E-state index < -0.39 is 28.5 Å². The molecule has 0 saturated carbocycles. The molecule has 1 N–H and O–H groups in total. The van der Waals surface area contributed by atoms with Gasteiger partial charge in [0.15, 0.2) is 0 Å². The van der Waals surface area contributed by atoms with E-state index >= 15 is 0 Å². The number of benzene rings is 3. The van der Waals surface area contributed by atoms with E-state index in [4.69, 9.17) is 0 Å². The lowest BCUT2D eigenvalue weighted by molar-refractivity contribution is -0.139. The van der Waals surface area contributed by atoms with E-state index in [1.807, 2.05) is 80.6 Å². The molecule has 0 aromatic heterocycles. The van der Waals surface area contributed by atoms with Gasteiger partial charge in [-0.15, -0.1) is 0 Å². The van der Waals surface area contributed by atoms with Gasteiger partial charge in [0.25, 0.3) is 0 Å². The molecular weight excluding hydrogens is 486 g/mol. The predicted octanol–water partition coefficient (Wildman–Crippen LogP) is 3.71. The fraction of sp³-hybridized carbons (Fsp3) is 0.310. The molecule has 0 aliphatic heterocycles. The first-order valence-corrected chi connectivity index (χ1v) is 14.1. The maximum absolute atomic E-state index is 13.9. The van der Waals surface area contributed by atoms with Gasteiger partial charge in [0.05, 0.1) is 11.9 Å². The molecule has 0 bridgehead atoms. The van der Waals surface area contributed by atoms with Crippen LogP contribution in [0.15, 0.2) is 78.9 Å². The van der Waals surface area contributed by atoms with Crippen molar-refractivity contribution in [3.63, 3.8) is 0 Å². The van der Waals surface area contributed by atoms with Crippen LogP contribution in [0.25, 0.3) is 0 Å². The van der Waals surface area contributed by atoms with Crippen molar-refractivity contribution in [2.45, 2.75) is 39.3 Å². The van der Waals surface area contributed by atoms with Crippen molar-refractivity contribution >= 4 is 27.5 Å². The summed E-state index contributed by atoms with van der Waals surface area (Å²) >= 11 is 0. The second-order valence-electron chi connectivity index (χ2n) is 9.08. The number of nitrogens with one attached hydrogen (secondary N) is 1. The van der Waals surface area contributed by atoms with Crippen LogP contribution in [0.5, 0.6) is 0 Å². The summed E-state index contributed by atoms with van der Waals surface area (Å²) in [6, 6.07) is 23.5. The van der Waals surface area contributed by atoms with Gasteiger partial charge in [-0.3, -0.25) is 13.9 Å². The highest BCUT2D eigenvalue weighted by Crippen LogP contribution is 2.24. The van der Waals surface area contributed by atoms with Gasteiger partial charge in [-0.2, -0.15) is 0 Å². The maximum Gasteiger partial charge on any atom is 0.244 e. The second-order valence-corrected chi connectivity index (χ2v) is 11.0. The van der Waals surface area contributed by atoms with Crippen LogP contribution in [0.3, 0.4) is 0 Å².